The largest absolute Gasteiger partial charge is 0.484 e. The van der Waals surface area contributed by atoms with Gasteiger partial charge < -0.3 is 15.0 Å². The van der Waals surface area contributed by atoms with Crippen LogP contribution >= 0.6 is 15.9 Å². The highest BCUT2D eigenvalue weighted by Crippen LogP contribution is 2.23. The van der Waals surface area contributed by atoms with Gasteiger partial charge in [0.15, 0.2) is 6.61 Å². The van der Waals surface area contributed by atoms with Crippen LogP contribution < -0.4 is 10.1 Å². The molecule has 0 aliphatic heterocycles. The van der Waals surface area contributed by atoms with Crippen LogP contribution in [0.25, 0.3) is 0 Å². The van der Waals surface area contributed by atoms with Crippen molar-refractivity contribution in [1.82, 2.24) is 10.2 Å². The molecule has 188 valence electrons. The van der Waals surface area contributed by atoms with Gasteiger partial charge in [-0.1, -0.05) is 89.4 Å². The summed E-state index contributed by atoms with van der Waals surface area (Å²) < 4.78 is 6.88. The van der Waals surface area contributed by atoms with Gasteiger partial charge >= 0.3 is 0 Å². The molecular weight excluding hydrogens is 516 g/mol. The Morgan fingerprint density at radius 1 is 0.972 bits per heavy atom. The molecular formula is C30H33BrN2O3. The van der Waals surface area contributed by atoms with Gasteiger partial charge in [-0.3, -0.25) is 9.59 Å². The molecule has 6 heteroatoms. The number of hydrogen-bond acceptors (Lipinski definition) is 3. The standard InChI is InChI=1S/C30H33BrN2O3/c1-22-18-26(16-17-27(22)31)36-21-29(34)33(20-24-12-6-3-7-13-24)28(19-23-10-4-2-5-11-23)30(35)32-25-14-8-9-15-25/h2-7,10-13,16-18,25,28H,8-9,14-15,19-21H2,1H3,(H,32,35)/t28-/m1/s1. The second-order valence-corrected chi connectivity index (χ2v) is 10.3. The molecule has 0 aromatic heterocycles. The third kappa shape index (κ3) is 7.20. The average Bonchev–Trinajstić information content (AvgIpc) is 3.41. The number of nitrogens with zero attached hydrogens (tertiary/aromatic N) is 1. The summed E-state index contributed by atoms with van der Waals surface area (Å²) in [5.41, 5.74) is 3.01. The Hall–Kier alpha value is -3.12. The molecule has 1 N–H and O–H groups in total. The van der Waals surface area contributed by atoms with E-state index in [1.165, 1.54) is 0 Å². The Bertz CT molecular complexity index is 1150. The van der Waals surface area contributed by atoms with E-state index in [0.29, 0.717) is 18.7 Å². The summed E-state index contributed by atoms with van der Waals surface area (Å²) in [5.74, 6) is 0.301. The Morgan fingerprint density at radius 3 is 2.25 bits per heavy atom. The number of nitrogens with one attached hydrogen (secondary N) is 1. The normalized spacial score (nSPS) is 14.3. The SMILES string of the molecule is Cc1cc(OCC(=O)N(Cc2ccccc2)[C@H](Cc2ccccc2)C(=O)NC2CCCC2)ccc1Br. The van der Waals surface area contributed by atoms with E-state index in [9.17, 15) is 9.59 Å². The number of amides is 2. The lowest BCUT2D eigenvalue weighted by Gasteiger charge is -2.32. The van der Waals surface area contributed by atoms with Crippen molar-refractivity contribution in [2.24, 2.45) is 0 Å². The van der Waals surface area contributed by atoms with Gasteiger partial charge in [0, 0.05) is 23.5 Å². The second kappa shape index (κ2) is 12.7. The number of carbonyl (C=O) groups excluding carboxylic acids is 2. The van der Waals surface area contributed by atoms with E-state index in [1.54, 1.807) is 4.90 Å². The van der Waals surface area contributed by atoms with Crippen LogP contribution in [0.2, 0.25) is 0 Å². The summed E-state index contributed by atoms with van der Waals surface area (Å²) >= 11 is 3.50. The van der Waals surface area contributed by atoms with Crippen molar-refractivity contribution in [1.29, 1.82) is 0 Å². The van der Waals surface area contributed by atoms with Gasteiger partial charge in [0.05, 0.1) is 0 Å². The number of rotatable bonds is 10. The van der Waals surface area contributed by atoms with Crippen molar-refractivity contribution in [3.8, 4) is 5.75 Å². The highest BCUT2D eigenvalue weighted by atomic mass is 79.9. The summed E-state index contributed by atoms with van der Waals surface area (Å²) in [7, 11) is 0. The van der Waals surface area contributed by atoms with E-state index in [0.717, 1.165) is 46.8 Å². The molecule has 0 radical (unpaired) electrons. The molecule has 5 nitrogen and oxygen atoms in total. The molecule has 1 fully saturated rings. The Kier molecular flexibility index (Phi) is 9.17. The maximum atomic E-state index is 13.7. The van der Waals surface area contributed by atoms with Crippen LogP contribution in [-0.4, -0.2) is 35.4 Å². The van der Waals surface area contributed by atoms with E-state index in [1.807, 2.05) is 85.8 Å². The zero-order chi connectivity index (χ0) is 25.3. The quantitative estimate of drug-likeness (QED) is 0.346. The minimum atomic E-state index is -0.643. The number of hydrogen-bond donors (Lipinski definition) is 1. The van der Waals surface area contributed by atoms with E-state index in [-0.39, 0.29) is 24.5 Å². The number of carbonyl (C=O) groups is 2. The van der Waals surface area contributed by atoms with Gasteiger partial charge in [-0.15, -0.1) is 0 Å². The van der Waals surface area contributed by atoms with Gasteiger partial charge in [0.2, 0.25) is 5.91 Å². The highest BCUT2D eigenvalue weighted by molar-refractivity contribution is 9.10. The topological polar surface area (TPSA) is 58.6 Å². The van der Waals surface area contributed by atoms with E-state index in [2.05, 4.69) is 21.2 Å². The third-order valence-corrected chi connectivity index (χ3v) is 7.55. The van der Waals surface area contributed by atoms with Crippen LogP contribution in [0.1, 0.15) is 42.4 Å². The van der Waals surface area contributed by atoms with E-state index in [4.69, 9.17) is 4.74 Å². The molecule has 0 bridgehead atoms. The fourth-order valence-corrected chi connectivity index (χ4v) is 4.88. The molecule has 4 rings (SSSR count). The van der Waals surface area contributed by atoms with Gasteiger partial charge in [-0.05, 0) is 54.7 Å². The lowest BCUT2D eigenvalue weighted by Crippen LogP contribution is -2.53. The predicted molar refractivity (Wildman–Crippen MR) is 146 cm³/mol. The van der Waals surface area contributed by atoms with Crippen molar-refractivity contribution >= 4 is 27.7 Å². The Labute approximate surface area is 222 Å². The van der Waals surface area contributed by atoms with Crippen LogP contribution in [0.3, 0.4) is 0 Å². The molecule has 1 aliphatic rings. The monoisotopic (exact) mass is 548 g/mol. The number of halogens is 1. The van der Waals surface area contributed by atoms with E-state index >= 15 is 0 Å². The van der Waals surface area contributed by atoms with Gasteiger partial charge in [-0.2, -0.15) is 0 Å². The molecule has 3 aromatic carbocycles. The second-order valence-electron chi connectivity index (χ2n) is 9.40. The molecule has 0 spiro atoms. The summed E-state index contributed by atoms with van der Waals surface area (Å²) in [6.45, 7) is 2.16. The van der Waals surface area contributed by atoms with Crippen molar-refractivity contribution in [2.45, 2.75) is 57.7 Å². The molecule has 1 saturated carbocycles. The van der Waals surface area contributed by atoms with Crippen LogP contribution in [0.5, 0.6) is 5.75 Å². The number of aryl methyl sites for hydroxylation is 1. The van der Waals surface area contributed by atoms with Gasteiger partial charge in [0.1, 0.15) is 11.8 Å². The van der Waals surface area contributed by atoms with Crippen LogP contribution in [0.4, 0.5) is 0 Å². The average molecular weight is 550 g/mol. The molecule has 0 heterocycles. The van der Waals surface area contributed by atoms with Gasteiger partial charge in [0.25, 0.3) is 5.91 Å². The van der Waals surface area contributed by atoms with Crippen molar-refractivity contribution in [3.05, 3.63) is 100 Å². The molecule has 3 aromatic rings. The highest BCUT2D eigenvalue weighted by Gasteiger charge is 2.32. The first-order valence-electron chi connectivity index (χ1n) is 12.6. The van der Waals surface area contributed by atoms with Crippen LogP contribution in [-0.2, 0) is 22.6 Å². The Balaban J connectivity index is 1.59. The van der Waals surface area contributed by atoms with Crippen LogP contribution in [0.15, 0.2) is 83.3 Å². The summed E-state index contributed by atoms with van der Waals surface area (Å²) in [4.78, 5) is 29.0. The summed E-state index contributed by atoms with van der Waals surface area (Å²) in [6.07, 6.45) is 4.67. The molecule has 0 unspecified atom stereocenters. The minimum Gasteiger partial charge on any atom is -0.484 e. The number of ether oxygens (including phenoxy) is 1. The first kappa shape index (κ1) is 26.0. The van der Waals surface area contributed by atoms with E-state index < -0.39 is 6.04 Å². The summed E-state index contributed by atoms with van der Waals surface area (Å²) in [6, 6.07) is 24.9. The maximum absolute atomic E-state index is 13.7. The summed E-state index contributed by atoms with van der Waals surface area (Å²) in [5, 5.41) is 3.23. The van der Waals surface area contributed by atoms with Crippen LogP contribution in [0, 0.1) is 6.92 Å². The predicted octanol–water partition coefficient (Wildman–Crippen LogP) is 5.84. The molecule has 1 atom stereocenters. The third-order valence-electron chi connectivity index (χ3n) is 6.66. The molecule has 0 saturated heterocycles. The minimum absolute atomic E-state index is 0.102. The first-order chi connectivity index (χ1) is 17.5. The lowest BCUT2D eigenvalue weighted by molar-refractivity contribution is -0.143. The lowest BCUT2D eigenvalue weighted by atomic mass is 10.0. The Morgan fingerprint density at radius 2 is 1.61 bits per heavy atom. The molecule has 36 heavy (non-hydrogen) atoms. The molecule has 2 amide bonds. The van der Waals surface area contributed by atoms with Crippen molar-refractivity contribution in [2.75, 3.05) is 6.61 Å². The van der Waals surface area contributed by atoms with Crippen molar-refractivity contribution in [3.63, 3.8) is 0 Å². The maximum Gasteiger partial charge on any atom is 0.261 e. The number of benzene rings is 3. The first-order valence-corrected chi connectivity index (χ1v) is 13.4. The fourth-order valence-electron chi connectivity index (χ4n) is 4.64. The zero-order valence-electron chi connectivity index (χ0n) is 20.7. The van der Waals surface area contributed by atoms with Crippen molar-refractivity contribution < 1.29 is 14.3 Å². The fraction of sp³-hybridized carbons (Fsp3) is 0.333. The smallest absolute Gasteiger partial charge is 0.261 e. The zero-order valence-corrected chi connectivity index (χ0v) is 22.2. The van der Waals surface area contributed by atoms with Gasteiger partial charge in [-0.25, -0.2) is 0 Å². The molecule has 1 aliphatic carbocycles.